The number of Topliss-reactive ketones (excluding diaryl/α,β-unsaturated/α-hetero) is 1. The number of carbonyl (C=O) groups is 2. The van der Waals surface area contributed by atoms with Gasteiger partial charge in [0.05, 0.1) is 31.0 Å². The van der Waals surface area contributed by atoms with E-state index in [2.05, 4.69) is 6.92 Å². The first-order valence-corrected chi connectivity index (χ1v) is 12.3. The highest BCUT2D eigenvalue weighted by Gasteiger charge is 2.46. The first-order chi connectivity index (χ1) is 17.5. The normalized spacial score (nSPS) is 20.4. The molecule has 2 aliphatic rings. The third-order valence-electron chi connectivity index (χ3n) is 6.56. The molecular formula is C29H29NO6. The minimum Gasteiger partial charge on any atom is -0.507 e. The summed E-state index contributed by atoms with van der Waals surface area (Å²) >= 11 is 0. The van der Waals surface area contributed by atoms with Crippen LogP contribution in [0.3, 0.4) is 0 Å². The standard InChI is InChI=1S/C29H29NO6/c1-3-4-12-34-22-8-5-7-19(16-22)26-25(28(32)29(33)30(26)17-23-9-6-13-35-23)27(31)20-10-11-24-21(15-20)14-18(2)36-24/h5-11,13,15-16,18,26,31H,3-4,12,14,17H2,1-2H3/t18-,26+/m0/s1. The second kappa shape index (κ2) is 9.93. The number of likely N-dealkylation sites (tertiary alicyclic amines) is 1. The van der Waals surface area contributed by atoms with Crippen molar-refractivity contribution in [1.29, 1.82) is 0 Å². The molecule has 7 nitrogen and oxygen atoms in total. The van der Waals surface area contributed by atoms with E-state index in [1.54, 1.807) is 24.3 Å². The Balaban J connectivity index is 1.59. The molecule has 1 fully saturated rings. The number of hydrogen-bond acceptors (Lipinski definition) is 6. The van der Waals surface area contributed by atoms with Crippen molar-refractivity contribution in [2.75, 3.05) is 6.61 Å². The van der Waals surface area contributed by atoms with Crippen LogP contribution in [0.4, 0.5) is 0 Å². The Morgan fingerprint density at radius 2 is 2.00 bits per heavy atom. The predicted octanol–water partition coefficient (Wildman–Crippen LogP) is 5.40. The molecule has 2 atom stereocenters. The number of carbonyl (C=O) groups excluding carboxylic acids is 2. The maximum atomic E-state index is 13.3. The monoisotopic (exact) mass is 487 g/mol. The highest BCUT2D eigenvalue weighted by Crippen LogP contribution is 2.42. The van der Waals surface area contributed by atoms with E-state index in [9.17, 15) is 14.7 Å². The van der Waals surface area contributed by atoms with Gasteiger partial charge in [-0.3, -0.25) is 9.59 Å². The van der Waals surface area contributed by atoms with Gasteiger partial charge < -0.3 is 23.9 Å². The van der Waals surface area contributed by atoms with E-state index in [-0.39, 0.29) is 24.0 Å². The third-order valence-corrected chi connectivity index (χ3v) is 6.56. The van der Waals surface area contributed by atoms with Crippen molar-refractivity contribution < 1.29 is 28.6 Å². The third kappa shape index (κ3) is 4.49. The van der Waals surface area contributed by atoms with Crippen LogP contribution in [0.25, 0.3) is 5.76 Å². The topological polar surface area (TPSA) is 89.2 Å². The van der Waals surface area contributed by atoms with E-state index >= 15 is 0 Å². The van der Waals surface area contributed by atoms with Crippen molar-refractivity contribution in [3.8, 4) is 11.5 Å². The molecule has 186 valence electrons. The summed E-state index contributed by atoms with van der Waals surface area (Å²) in [7, 11) is 0. The minimum absolute atomic E-state index is 0.0455. The fourth-order valence-electron chi connectivity index (χ4n) is 4.79. The van der Waals surface area contributed by atoms with Crippen LogP contribution in [-0.4, -0.2) is 34.4 Å². The molecule has 1 amide bonds. The molecule has 1 N–H and O–H groups in total. The summed E-state index contributed by atoms with van der Waals surface area (Å²) in [6.45, 7) is 4.74. The molecule has 3 aromatic rings. The predicted molar refractivity (Wildman–Crippen MR) is 134 cm³/mol. The second-order valence-corrected chi connectivity index (χ2v) is 9.24. The van der Waals surface area contributed by atoms with Gasteiger partial charge in [0.15, 0.2) is 0 Å². The number of furan rings is 1. The van der Waals surface area contributed by atoms with Gasteiger partial charge in [-0.25, -0.2) is 0 Å². The molecule has 0 unspecified atom stereocenters. The van der Waals surface area contributed by atoms with Gasteiger partial charge in [0.2, 0.25) is 0 Å². The van der Waals surface area contributed by atoms with E-state index in [0.29, 0.717) is 35.7 Å². The van der Waals surface area contributed by atoms with E-state index in [4.69, 9.17) is 13.9 Å². The fraction of sp³-hybridized carbons (Fsp3) is 0.310. The molecule has 0 radical (unpaired) electrons. The number of aliphatic hydroxyl groups is 1. The zero-order valence-corrected chi connectivity index (χ0v) is 20.4. The number of fused-ring (bicyclic) bond motifs is 1. The van der Waals surface area contributed by atoms with Crippen LogP contribution in [0.15, 0.2) is 70.9 Å². The number of rotatable bonds is 8. The number of hydrogen-bond donors (Lipinski definition) is 1. The molecule has 0 saturated carbocycles. The Morgan fingerprint density at radius 1 is 1.14 bits per heavy atom. The lowest BCUT2D eigenvalue weighted by Crippen LogP contribution is -2.29. The Bertz CT molecular complexity index is 1310. The Hall–Kier alpha value is -4.00. The number of unbranched alkanes of at least 4 members (excludes halogenated alkanes) is 1. The second-order valence-electron chi connectivity index (χ2n) is 9.24. The van der Waals surface area contributed by atoms with Crippen molar-refractivity contribution in [2.24, 2.45) is 0 Å². The number of ketones is 1. The van der Waals surface area contributed by atoms with Gasteiger partial charge >= 0.3 is 0 Å². The summed E-state index contributed by atoms with van der Waals surface area (Å²) in [5, 5.41) is 11.4. The van der Waals surface area contributed by atoms with Crippen LogP contribution in [0, 0.1) is 0 Å². The van der Waals surface area contributed by atoms with Crippen LogP contribution in [-0.2, 0) is 22.6 Å². The summed E-state index contributed by atoms with van der Waals surface area (Å²) in [5.74, 6) is 0.333. The summed E-state index contributed by atoms with van der Waals surface area (Å²) in [5.41, 5.74) is 2.15. The van der Waals surface area contributed by atoms with Gasteiger partial charge in [0.25, 0.3) is 11.7 Å². The zero-order chi connectivity index (χ0) is 25.2. The van der Waals surface area contributed by atoms with E-state index in [1.165, 1.54) is 11.2 Å². The van der Waals surface area contributed by atoms with Crippen molar-refractivity contribution >= 4 is 17.4 Å². The number of benzene rings is 2. The van der Waals surface area contributed by atoms with Gasteiger partial charge in [0, 0.05) is 12.0 Å². The van der Waals surface area contributed by atoms with Gasteiger partial charge in [-0.2, -0.15) is 0 Å². The lowest BCUT2D eigenvalue weighted by Gasteiger charge is -2.25. The molecule has 1 aromatic heterocycles. The summed E-state index contributed by atoms with van der Waals surface area (Å²) in [4.78, 5) is 28.0. The molecule has 36 heavy (non-hydrogen) atoms. The van der Waals surface area contributed by atoms with E-state index in [0.717, 1.165) is 24.2 Å². The fourth-order valence-corrected chi connectivity index (χ4v) is 4.79. The number of aliphatic hydroxyl groups excluding tert-OH is 1. The van der Waals surface area contributed by atoms with Crippen LogP contribution in [0.5, 0.6) is 11.5 Å². The van der Waals surface area contributed by atoms with Crippen LogP contribution < -0.4 is 9.47 Å². The molecular weight excluding hydrogens is 458 g/mol. The van der Waals surface area contributed by atoms with E-state index in [1.807, 2.05) is 37.3 Å². The highest BCUT2D eigenvalue weighted by atomic mass is 16.5. The van der Waals surface area contributed by atoms with Crippen molar-refractivity contribution in [3.63, 3.8) is 0 Å². The van der Waals surface area contributed by atoms with Crippen LogP contribution >= 0.6 is 0 Å². The molecule has 0 bridgehead atoms. The highest BCUT2D eigenvalue weighted by molar-refractivity contribution is 6.46. The molecule has 7 heteroatoms. The molecule has 3 heterocycles. The van der Waals surface area contributed by atoms with Crippen molar-refractivity contribution in [2.45, 2.75) is 51.8 Å². The number of nitrogens with zero attached hydrogens (tertiary/aromatic N) is 1. The average molecular weight is 488 g/mol. The molecule has 5 rings (SSSR count). The first-order valence-electron chi connectivity index (χ1n) is 12.3. The molecule has 2 aliphatic heterocycles. The number of amides is 1. The van der Waals surface area contributed by atoms with Gasteiger partial charge in [0.1, 0.15) is 29.1 Å². The molecule has 0 spiro atoms. The SMILES string of the molecule is CCCCOc1cccc([C@@H]2C(=C(O)c3ccc4c(c3)C[C@H](C)O4)C(=O)C(=O)N2Cc2ccco2)c1. The molecule has 0 aliphatic carbocycles. The zero-order valence-electron chi connectivity index (χ0n) is 20.4. The van der Waals surface area contributed by atoms with Gasteiger partial charge in [-0.15, -0.1) is 0 Å². The smallest absolute Gasteiger partial charge is 0.296 e. The first kappa shape index (κ1) is 23.7. The van der Waals surface area contributed by atoms with Gasteiger partial charge in [-0.1, -0.05) is 25.5 Å². The Labute approximate surface area is 209 Å². The maximum Gasteiger partial charge on any atom is 0.296 e. The maximum absolute atomic E-state index is 13.3. The molecule has 1 saturated heterocycles. The number of ether oxygens (including phenoxy) is 2. The van der Waals surface area contributed by atoms with Crippen molar-refractivity contribution in [1.82, 2.24) is 4.90 Å². The molecule has 2 aromatic carbocycles. The van der Waals surface area contributed by atoms with Gasteiger partial charge in [-0.05, 0) is 66.9 Å². The Morgan fingerprint density at radius 3 is 2.78 bits per heavy atom. The Kier molecular flexibility index (Phi) is 6.55. The largest absolute Gasteiger partial charge is 0.507 e. The minimum atomic E-state index is -0.798. The lowest BCUT2D eigenvalue weighted by molar-refractivity contribution is -0.140. The summed E-state index contributed by atoms with van der Waals surface area (Å²) < 4.78 is 17.1. The van der Waals surface area contributed by atoms with Crippen LogP contribution in [0.2, 0.25) is 0 Å². The van der Waals surface area contributed by atoms with Crippen LogP contribution in [0.1, 0.15) is 55.2 Å². The lowest BCUT2D eigenvalue weighted by atomic mass is 9.94. The summed E-state index contributed by atoms with van der Waals surface area (Å²) in [6.07, 6.45) is 4.21. The average Bonchev–Trinajstić information content (AvgIpc) is 3.58. The van der Waals surface area contributed by atoms with Crippen molar-refractivity contribution in [3.05, 3.63) is 88.9 Å². The summed E-state index contributed by atoms with van der Waals surface area (Å²) in [6, 6.07) is 15.4. The quantitative estimate of drug-likeness (QED) is 0.198. The van der Waals surface area contributed by atoms with E-state index < -0.39 is 17.7 Å².